The second-order valence-electron chi connectivity index (χ2n) is 6.63. The fourth-order valence-corrected chi connectivity index (χ4v) is 3.20. The number of anilines is 1. The number of carbonyl (C=O) groups is 1. The predicted octanol–water partition coefficient (Wildman–Crippen LogP) is 5.00. The predicted molar refractivity (Wildman–Crippen MR) is 106 cm³/mol. The first-order valence-electron chi connectivity index (χ1n) is 9.03. The number of nitrogens with zero attached hydrogens (tertiary/aromatic N) is 2. The summed E-state index contributed by atoms with van der Waals surface area (Å²) >= 11 is 0. The molecule has 2 aromatic carbocycles. The molecule has 1 aromatic heterocycles. The quantitative estimate of drug-likeness (QED) is 0.706. The van der Waals surface area contributed by atoms with E-state index in [0.29, 0.717) is 5.56 Å². The van der Waals surface area contributed by atoms with Gasteiger partial charge in [0.2, 0.25) is 0 Å². The third kappa shape index (κ3) is 3.54. The Morgan fingerprint density at radius 2 is 1.73 bits per heavy atom. The topological polar surface area (TPSA) is 46.9 Å². The zero-order valence-electron chi connectivity index (χ0n) is 15.8. The molecule has 0 aliphatic rings. The molecule has 0 aliphatic carbocycles. The molecule has 0 fully saturated rings. The second kappa shape index (κ2) is 7.56. The van der Waals surface area contributed by atoms with E-state index >= 15 is 0 Å². The van der Waals surface area contributed by atoms with E-state index in [-0.39, 0.29) is 5.91 Å². The molecule has 4 nitrogen and oxygen atoms in total. The number of amides is 1. The Morgan fingerprint density at radius 3 is 2.38 bits per heavy atom. The van der Waals surface area contributed by atoms with Gasteiger partial charge in [0.25, 0.3) is 5.91 Å². The molecule has 0 saturated carbocycles. The normalized spacial score (nSPS) is 10.8. The first-order valence-corrected chi connectivity index (χ1v) is 9.03. The van der Waals surface area contributed by atoms with Gasteiger partial charge in [-0.2, -0.15) is 5.10 Å². The Kier molecular flexibility index (Phi) is 5.21. The minimum absolute atomic E-state index is 0.106. The fourth-order valence-electron chi connectivity index (χ4n) is 3.20. The van der Waals surface area contributed by atoms with E-state index in [0.717, 1.165) is 35.5 Å². The Morgan fingerprint density at radius 1 is 1.04 bits per heavy atom. The zero-order chi connectivity index (χ0) is 18.7. The number of carbonyl (C=O) groups excluding carboxylic acids is 1. The third-order valence-corrected chi connectivity index (χ3v) is 4.71. The number of aromatic nitrogens is 2. The Labute approximate surface area is 154 Å². The molecule has 3 rings (SSSR count). The van der Waals surface area contributed by atoms with Gasteiger partial charge in [0.05, 0.1) is 11.4 Å². The molecule has 26 heavy (non-hydrogen) atoms. The molecule has 1 N–H and O–H groups in total. The van der Waals surface area contributed by atoms with Gasteiger partial charge in [0.1, 0.15) is 0 Å². The van der Waals surface area contributed by atoms with E-state index in [1.54, 1.807) is 0 Å². The van der Waals surface area contributed by atoms with Gasteiger partial charge in [-0.25, -0.2) is 4.68 Å². The Bertz CT molecular complexity index is 923. The molecule has 1 amide bonds. The number of hydrogen-bond acceptors (Lipinski definition) is 2. The molecule has 0 saturated heterocycles. The van der Waals surface area contributed by atoms with Crippen LogP contribution >= 0.6 is 0 Å². The van der Waals surface area contributed by atoms with Gasteiger partial charge in [0, 0.05) is 16.9 Å². The van der Waals surface area contributed by atoms with E-state index in [4.69, 9.17) is 0 Å². The van der Waals surface area contributed by atoms with E-state index in [1.165, 1.54) is 11.3 Å². The van der Waals surface area contributed by atoms with Crippen molar-refractivity contribution in [3.05, 3.63) is 76.6 Å². The van der Waals surface area contributed by atoms with Gasteiger partial charge in [-0.3, -0.25) is 4.79 Å². The maximum atomic E-state index is 12.5. The van der Waals surface area contributed by atoms with Crippen LogP contribution in [0.4, 0.5) is 5.69 Å². The molecule has 4 heteroatoms. The van der Waals surface area contributed by atoms with Gasteiger partial charge in [-0.05, 0) is 68.7 Å². The van der Waals surface area contributed by atoms with Crippen LogP contribution in [0.15, 0.2) is 48.5 Å². The summed E-state index contributed by atoms with van der Waals surface area (Å²) in [6.45, 7) is 8.32. The molecule has 0 atom stereocenters. The second-order valence-corrected chi connectivity index (χ2v) is 6.63. The SMILES string of the molecule is CCCc1c(C)nn(-c2ccc(C(=O)Nc3ccccc3C)cc2)c1C. The summed E-state index contributed by atoms with van der Waals surface area (Å²) in [6, 6.07) is 15.4. The maximum absolute atomic E-state index is 12.5. The number of nitrogens with one attached hydrogen (secondary N) is 1. The van der Waals surface area contributed by atoms with Gasteiger partial charge in [-0.15, -0.1) is 0 Å². The van der Waals surface area contributed by atoms with Gasteiger partial charge in [-0.1, -0.05) is 31.5 Å². The van der Waals surface area contributed by atoms with Crippen LogP contribution in [-0.2, 0) is 6.42 Å². The molecule has 134 valence electrons. The average molecular weight is 347 g/mol. The lowest BCUT2D eigenvalue weighted by Gasteiger charge is -2.09. The fraction of sp³-hybridized carbons (Fsp3) is 0.273. The summed E-state index contributed by atoms with van der Waals surface area (Å²) in [7, 11) is 0. The van der Waals surface area contributed by atoms with Crippen molar-refractivity contribution in [1.29, 1.82) is 0 Å². The Balaban J connectivity index is 1.82. The van der Waals surface area contributed by atoms with Crippen molar-refractivity contribution in [2.24, 2.45) is 0 Å². The lowest BCUT2D eigenvalue weighted by atomic mass is 10.1. The minimum atomic E-state index is -0.106. The molecular weight excluding hydrogens is 322 g/mol. The monoisotopic (exact) mass is 347 g/mol. The van der Waals surface area contributed by atoms with Crippen LogP contribution in [0.3, 0.4) is 0 Å². The number of rotatable bonds is 5. The van der Waals surface area contributed by atoms with Crippen LogP contribution < -0.4 is 5.32 Å². The van der Waals surface area contributed by atoms with Gasteiger partial charge in [0.15, 0.2) is 0 Å². The Hall–Kier alpha value is -2.88. The summed E-state index contributed by atoms with van der Waals surface area (Å²) in [5, 5.41) is 7.63. The van der Waals surface area contributed by atoms with Crippen LogP contribution in [0.2, 0.25) is 0 Å². The van der Waals surface area contributed by atoms with Crippen LogP contribution in [-0.4, -0.2) is 15.7 Å². The molecule has 3 aromatic rings. The highest BCUT2D eigenvalue weighted by Gasteiger charge is 2.13. The number of benzene rings is 2. The number of para-hydroxylation sites is 1. The molecule has 0 radical (unpaired) electrons. The maximum Gasteiger partial charge on any atom is 0.255 e. The van der Waals surface area contributed by atoms with Crippen LogP contribution in [0, 0.1) is 20.8 Å². The average Bonchev–Trinajstić information content (AvgIpc) is 2.92. The highest BCUT2D eigenvalue weighted by Crippen LogP contribution is 2.20. The zero-order valence-corrected chi connectivity index (χ0v) is 15.8. The first-order chi connectivity index (χ1) is 12.5. The van der Waals surface area contributed by atoms with E-state index in [9.17, 15) is 4.79 Å². The molecule has 0 unspecified atom stereocenters. The van der Waals surface area contributed by atoms with Crippen molar-refractivity contribution in [2.75, 3.05) is 5.32 Å². The highest BCUT2D eigenvalue weighted by molar-refractivity contribution is 6.04. The molecule has 0 spiro atoms. The van der Waals surface area contributed by atoms with Crippen molar-refractivity contribution >= 4 is 11.6 Å². The lowest BCUT2D eigenvalue weighted by molar-refractivity contribution is 0.102. The van der Waals surface area contributed by atoms with Crippen molar-refractivity contribution in [2.45, 2.75) is 40.5 Å². The van der Waals surface area contributed by atoms with Crippen molar-refractivity contribution < 1.29 is 4.79 Å². The standard InChI is InChI=1S/C22H25N3O/c1-5-8-20-16(3)24-25(17(20)4)19-13-11-18(12-14-19)22(26)23-21-10-7-6-9-15(21)2/h6-7,9-14H,5,8H2,1-4H3,(H,23,26). The summed E-state index contributed by atoms with van der Waals surface area (Å²) in [4.78, 5) is 12.5. The smallest absolute Gasteiger partial charge is 0.255 e. The van der Waals surface area contributed by atoms with E-state index in [2.05, 4.69) is 31.2 Å². The highest BCUT2D eigenvalue weighted by atomic mass is 16.1. The van der Waals surface area contributed by atoms with Gasteiger partial charge >= 0.3 is 0 Å². The molecular formula is C22H25N3O. The molecule has 0 aliphatic heterocycles. The number of hydrogen-bond donors (Lipinski definition) is 1. The van der Waals surface area contributed by atoms with Crippen molar-refractivity contribution in [3.63, 3.8) is 0 Å². The van der Waals surface area contributed by atoms with Crippen LogP contribution in [0.1, 0.15) is 46.2 Å². The summed E-state index contributed by atoms with van der Waals surface area (Å²) in [5.41, 5.74) is 7.04. The number of aryl methyl sites for hydroxylation is 2. The summed E-state index contributed by atoms with van der Waals surface area (Å²) in [5.74, 6) is -0.106. The van der Waals surface area contributed by atoms with Crippen LogP contribution in [0.5, 0.6) is 0 Å². The van der Waals surface area contributed by atoms with Crippen molar-refractivity contribution in [3.8, 4) is 5.69 Å². The minimum Gasteiger partial charge on any atom is -0.322 e. The van der Waals surface area contributed by atoms with Gasteiger partial charge < -0.3 is 5.32 Å². The lowest BCUT2D eigenvalue weighted by Crippen LogP contribution is -2.12. The largest absolute Gasteiger partial charge is 0.322 e. The first kappa shape index (κ1) is 17.9. The molecule has 1 heterocycles. The van der Waals surface area contributed by atoms with E-state index in [1.807, 2.05) is 60.1 Å². The van der Waals surface area contributed by atoms with E-state index < -0.39 is 0 Å². The molecule has 0 bridgehead atoms. The van der Waals surface area contributed by atoms with Crippen LogP contribution in [0.25, 0.3) is 5.69 Å². The van der Waals surface area contributed by atoms with Crippen molar-refractivity contribution in [1.82, 2.24) is 9.78 Å². The summed E-state index contributed by atoms with van der Waals surface area (Å²) in [6.07, 6.45) is 2.14. The third-order valence-electron chi connectivity index (χ3n) is 4.71. The summed E-state index contributed by atoms with van der Waals surface area (Å²) < 4.78 is 1.96.